The Labute approximate surface area is 146 Å². The number of likely N-dealkylation sites (tertiary alicyclic amines) is 1. The van der Waals surface area contributed by atoms with Crippen LogP contribution >= 0.6 is 11.6 Å². The molecule has 0 aliphatic carbocycles. The maximum Gasteiger partial charge on any atom is 0.253 e. The molecular formula is C19H20ClNO3. The molecule has 0 atom stereocenters. The number of carbonyl (C=O) groups is 1. The van der Waals surface area contributed by atoms with E-state index in [2.05, 4.69) is 0 Å². The summed E-state index contributed by atoms with van der Waals surface area (Å²) < 4.78 is 11.1. The minimum absolute atomic E-state index is 0.0545. The minimum atomic E-state index is 0.0545. The van der Waals surface area contributed by atoms with Gasteiger partial charge in [-0.1, -0.05) is 17.7 Å². The molecule has 0 saturated carbocycles. The Morgan fingerprint density at radius 1 is 1.08 bits per heavy atom. The van der Waals surface area contributed by atoms with Crippen LogP contribution < -0.4 is 9.47 Å². The molecule has 0 N–H and O–H groups in total. The highest BCUT2D eigenvalue weighted by Gasteiger charge is 2.24. The molecule has 1 heterocycles. The molecule has 126 valence electrons. The summed E-state index contributed by atoms with van der Waals surface area (Å²) in [6, 6.07) is 14.6. The number of halogens is 1. The molecule has 0 radical (unpaired) electrons. The van der Waals surface area contributed by atoms with E-state index in [9.17, 15) is 4.79 Å². The zero-order valence-electron chi connectivity index (χ0n) is 13.6. The second-order valence-electron chi connectivity index (χ2n) is 5.80. The van der Waals surface area contributed by atoms with Crippen molar-refractivity contribution in [1.82, 2.24) is 4.90 Å². The van der Waals surface area contributed by atoms with Gasteiger partial charge in [-0.15, -0.1) is 0 Å². The minimum Gasteiger partial charge on any atom is -0.497 e. The molecule has 1 aliphatic rings. The Morgan fingerprint density at radius 2 is 1.79 bits per heavy atom. The number of benzene rings is 2. The van der Waals surface area contributed by atoms with Crippen molar-refractivity contribution in [1.29, 1.82) is 0 Å². The highest BCUT2D eigenvalue weighted by molar-refractivity contribution is 6.30. The second kappa shape index (κ2) is 7.58. The number of hydrogen-bond acceptors (Lipinski definition) is 3. The van der Waals surface area contributed by atoms with Crippen LogP contribution in [0.25, 0.3) is 0 Å². The van der Waals surface area contributed by atoms with Crippen molar-refractivity contribution in [2.24, 2.45) is 0 Å². The average molecular weight is 346 g/mol. The topological polar surface area (TPSA) is 38.8 Å². The number of nitrogens with zero attached hydrogens (tertiary/aromatic N) is 1. The van der Waals surface area contributed by atoms with E-state index >= 15 is 0 Å². The molecule has 1 saturated heterocycles. The third-order valence-corrected chi connectivity index (χ3v) is 4.40. The van der Waals surface area contributed by atoms with Crippen molar-refractivity contribution >= 4 is 17.5 Å². The Balaban J connectivity index is 1.55. The van der Waals surface area contributed by atoms with Crippen molar-refractivity contribution in [2.75, 3.05) is 20.2 Å². The fourth-order valence-electron chi connectivity index (χ4n) is 2.83. The predicted octanol–water partition coefficient (Wildman–Crippen LogP) is 4.03. The SMILES string of the molecule is COc1ccc(C(=O)N2CCC(Oc3cccc(Cl)c3)CC2)cc1. The smallest absolute Gasteiger partial charge is 0.253 e. The molecule has 1 amide bonds. The summed E-state index contributed by atoms with van der Waals surface area (Å²) in [5, 5.41) is 0.666. The van der Waals surface area contributed by atoms with E-state index in [1.807, 2.05) is 41.3 Å². The lowest BCUT2D eigenvalue weighted by Crippen LogP contribution is -2.41. The zero-order valence-corrected chi connectivity index (χ0v) is 14.3. The number of amides is 1. The lowest BCUT2D eigenvalue weighted by Gasteiger charge is -2.32. The quantitative estimate of drug-likeness (QED) is 0.839. The van der Waals surface area contributed by atoms with E-state index < -0.39 is 0 Å². The van der Waals surface area contributed by atoms with Crippen LogP contribution in [0.1, 0.15) is 23.2 Å². The van der Waals surface area contributed by atoms with E-state index in [0.29, 0.717) is 23.7 Å². The first kappa shape index (κ1) is 16.7. The van der Waals surface area contributed by atoms with Gasteiger partial charge in [-0.25, -0.2) is 0 Å². The molecule has 5 heteroatoms. The van der Waals surface area contributed by atoms with E-state index in [0.717, 1.165) is 24.3 Å². The Bertz CT molecular complexity index is 694. The van der Waals surface area contributed by atoms with Crippen molar-refractivity contribution in [3.8, 4) is 11.5 Å². The standard InChI is InChI=1S/C19H20ClNO3/c1-23-16-7-5-14(6-8-16)19(22)21-11-9-17(10-12-21)24-18-4-2-3-15(20)13-18/h2-8,13,17H,9-12H2,1H3. The Hall–Kier alpha value is -2.20. The van der Waals surface area contributed by atoms with Crippen LogP contribution in [0, 0.1) is 0 Å². The fourth-order valence-corrected chi connectivity index (χ4v) is 3.01. The van der Waals surface area contributed by atoms with Gasteiger partial charge in [-0.2, -0.15) is 0 Å². The molecule has 2 aromatic carbocycles. The van der Waals surface area contributed by atoms with Crippen LogP contribution in [-0.4, -0.2) is 37.1 Å². The predicted molar refractivity (Wildman–Crippen MR) is 94.0 cm³/mol. The van der Waals surface area contributed by atoms with Crippen LogP contribution in [0.15, 0.2) is 48.5 Å². The van der Waals surface area contributed by atoms with Gasteiger partial charge in [0.2, 0.25) is 0 Å². The van der Waals surface area contributed by atoms with Crippen LogP contribution in [-0.2, 0) is 0 Å². The third kappa shape index (κ3) is 4.01. The van der Waals surface area contributed by atoms with Gasteiger partial charge in [0.15, 0.2) is 0 Å². The number of piperidine rings is 1. The summed E-state index contributed by atoms with van der Waals surface area (Å²) in [4.78, 5) is 14.4. The van der Waals surface area contributed by atoms with Gasteiger partial charge < -0.3 is 14.4 Å². The van der Waals surface area contributed by atoms with Crippen LogP contribution in [0.5, 0.6) is 11.5 Å². The van der Waals surface area contributed by atoms with Crippen molar-refractivity contribution in [3.63, 3.8) is 0 Å². The normalized spacial score (nSPS) is 15.2. The molecule has 0 bridgehead atoms. The number of hydrogen-bond donors (Lipinski definition) is 0. The van der Waals surface area contributed by atoms with Crippen molar-refractivity contribution < 1.29 is 14.3 Å². The maximum atomic E-state index is 12.5. The summed E-state index contributed by atoms with van der Waals surface area (Å²) in [5.74, 6) is 1.58. The highest BCUT2D eigenvalue weighted by atomic mass is 35.5. The summed E-state index contributed by atoms with van der Waals surface area (Å²) in [6.07, 6.45) is 1.74. The van der Waals surface area contributed by atoms with Gasteiger partial charge in [0.05, 0.1) is 7.11 Å². The number of carbonyl (C=O) groups excluding carboxylic acids is 1. The summed E-state index contributed by atoms with van der Waals surface area (Å²) >= 11 is 5.97. The highest BCUT2D eigenvalue weighted by Crippen LogP contribution is 2.23. The maximum absolute atomic E-state index is 12.5. The molecule has 1 fully saturated rings. The van der Waals surface area contributed by atoms with Gasteiger partial charge in [0, 0.05) is 36.5 Å². The van der Waals surface area contributed by atoms with E-state index in [4.69, 9.17) is 21.1 Å². The molecule has 0 spiro atoms. The van der Waals surface area contributed by atoms with Gasteiger partial charge in [0.25, 0.3) is 5.91 Å². The summed E-state index contributed by atoms with van der Waals surface area (Å²) in [5.41, 5.74) is 0.685. The van der Waals surface area contributed by atoms with E-state index in [1.54, 1.807) is 19.2 Å². The number of ether oxygens (including phenoxy) is 2. The first-order valence-corrected chi connectivity index (χ1v) is 8.39. The Morgan fingerprint density at radius 3 is 2.42 bits per heavy atom. The van der Waals surface area contributed by atoms with Crippen LogP contribution in [0.4, 0.5) is 0 Å². The van der Waals surface area contributed by atoms with E-state index in [-0.39, 0.29) is 12.0 Å². The number of methoxy groups -OCH3 is 1. The van der Waals surface area contributed by atoms with Crippen LogP contribution in [0.2, 0.25) is 5.02 Å². The van der Waals surface area contributed by atoms with Crippen molar-refractivity contribution in [2.45, 2.75) is 18.9 Å². The Kier molecular flexibility index (Phi) is 5.26. The molecule has 24 heavy (non-hydrogen) atoms. The third-order valence-electron chi connectivity index (χ3n) is 4.16. The first-order chi connectivity index (χ1) is 11.7. The summed E-state index contributed by atoms with van der Waals surface area (Å²) in [6.45, 7) is 1.38. The second-order valence-corrected chi connectivity index (χ2v) is 6.23. The molecule has 1 aliphatic heterocycles. The molecule has 0 aromatic heterocycles. The van der Waals surface area contributed by atoms with Gasteiger partial charge in [-0.3, -0.25) is 4.79 Å². The largest absolute Gasteiger partial charge is 0.497 e. The van der Waals surface area contributed by atoms with Gasteiger partial charge in [-0.05, 0) is 42.5 Å². The first-order valence-electron chi connectivity index (χ1n) is 8.01. The van der Waals surface area contributed by atoms with E-state index in [1.165, 1.54) is 0 Å². The summed E-state index contributed by atoms with van der Waals surface area (Å²) in [7, 11) is 1.61. The monoisotopic (exact) mass is 345 g/mol. The lowest BCUT2D eigenvalue weighted by molar-refractivity contribution is 0.0595. The molecule has 0 unspecified atom stereocenters. The zero-order chi connectivity index (χ0) is 16.9. The van der Waals surface area contributed by atoms with Gasteiger partial charge >= 0.3 is 0 Å². The van der Waals surface area contributed by atoms with Crippen molar-refractivity contribution in [3.05, 3.63) is 59.1 Å². The number of rotatable bonds is 4. The molecule has 4 nitrogen and oxygen atoms in total. The lowest BCUT2D eigenvalue weighted by atomic mass is 10.1. The molecule has 3 rings (SSSR count). The average Bonchev–Trinajstić information content (AvgIpc) is 2.62. The van der Waals surface area contributed by atoms with Crippen LogP contribution in [0.3, 0.4) is 0 Å². The molecular weight excluding hydrogens is 326 g/mol. The fraction of sp³-hybridized carbons (Fsp3) is 0.316. The molecule has 2 aromatic rings. The van der Waals surface area contributed by atoms with Gasteiger partial charge in [0.1, 0.15) is 17.6 Å².